The van der Waals surface area contributed by atoms with Crippen LogP contribution in [0.3, 0.4) is 0 Å². The molecule has 0 aliphatic heterocycles. The molecule has 0 radical (unpaired) electrons. The monoisotopic (exact) mass is 740 g/mol. The van der Waals surface area contributed by atoms with Gasteiger partial charge in [-0.05, 0) is 73.8 Å². The van der Waals surface area contributed by atoms with Crippen LogP contribution in [0.25, 0.3) is 21.9 Å². The Hall–Kier alpha value is -4.49. The number of carboxylic acid groups (broad SMARTS) is 1. The van der Waals surface area contributed by atoms with Crippen molar-refractivity contribution in [3.63, 3.8) is 0 Å². The van der Waals surface area contributed by atoms with Gasteiger partial charge in [-0.2, -0.15) is 18.4 Å². The molecule has 1 unspecified atom stereocenters. The van der Waals surface area contributed by atoms with Crippen molar-refractivity contribution in [2.75, 3.05) is 13.2 Å². The zero-order chi connectivity index (χ0) is 37.5. The lowest BCUT2D eigenvalue weighted by atomic mass is 9.83. The van der Waals surface area contributed by atoms with E-state index in [-0.39, 0.29) is 51.0 Å². The van der Waals surface area contributed by atoms with Crippen molar-refractivity contribution in [1.82, 2.24) is 13.5 Å². The van der Waals surface area contributed by atoms with Crippen molar-refractivity contribution in [2.24, 2.45) is 0 Å². The molecule has 1 atom stereocenters. The molecule has 0 saturated carbocycles. The molecule has 5 rings (SSSR count). The van der Waals surface area contributed by atoms with Crippen molar-refractivity contribution in [3.05, 3.63) is 94.4 Å². The average molecular weight is 741 g/mol. The van der Waals surface area contributed by atoms with E-state index in [1.807, 2.05) is 6.07 Å². The predicted molar refractivity (Wildman–Crippen MR) is 189 cm³/mol. The van der Waals surface area contributed by atoms with Gasteiger partial charge in [0.15, 0.2) is 5.82 Å². The fourth-order valence-electron chi connectivity index (χ4n) is 6.20. The van der Waals surface area contributed by atoms with Gasteiger partial charge < -0.3 is 19.1 Å². The van der Waals surface area contributed by atoms with E-state index in [0.29, 0.717) is 5.56 Å². The highest BCUT2D eigenvalue weighted by Gasteiger charge is 2.63. The molecule has 0 spiro atoms. The molecule has 0 aliphatic rings. The van der Waals surface area contributed by atoms with E-state index in [9.17, 15) is 23.6 Å². The lowest BCUT2D eigenvalue weighted by Crippen LogP contribution is -2.49. The Labute approximate surface area is 295 Å². The van der Waals surface area contributed by atoms with Crippen molar-refractivity contribution < 1.29 is 41.0 Å². The zero-order valence-corrected chi connectivity index (χ0v) is 30.9. The molecular formula is C36H39F3N4O6SSi. The number of fused-ring (bicyclic) bond motifs is 2. The Morgan fingerprint density at radius 1 is 1.06 bits per heavy atom. The summed E-state index contributed by atoms with van der Waals surface area (Å²) in [5, 5.41) is 19.2. The second kappa shape index (κ2) is 13.9. The first kappa shape index (κ1) is 37.8. The minimum Gasteiger partial charge on any atom is -0.480 e. The molecule has 2 heterocycles. The van der Waals surface area contributed by atoms with Crippen LogP contribution in [0, 0.1) is 25.2 Å². The first-order valence-corrected chi connectivity index (χ1v) is 21.4. The number of nitrogens with zero attached hydrogens (tertiary/aromatic N) is 4. The molecule has 3 aromatic carbocycles. The number of nitriles is 1. The highest BCUT2D eigenvalue weighted by atomic mass is 32.2. The van der Waals surface area contributed by atoms with Gasteiger partial charge in [-0.15, -0.1) is 0 Å². The summed E-state index contributed by atoms with van der Waals surface area (Å²) >= 11 is 0. The number of aryl methyl sites for hydroxylation is 3. The molecule has 10 nitrogen and oxygen atoms in total. The van der Waals surface area contributed by atoms with Crippen LogP contribution >= 0.6 is 0 Å². The van der Waals surface area contributed by atoms with Gasteiger partial charge in [-0.1, -0.05) is 50.3 Å². The summed E-state index contributed by atoms with van der Waals surface area (Å²) in [6, 6.07) is 15.8. The Bertz CT molecular complexity index is 2270. The minimum atomic E-state index is -5.36. The molecule has 0 amide bonds. The second-order valence-corrected chi connectivity index (χ2v) is 21.1. The quantitative estimate of drug-likeness (QED) is 0.0969. The van der Waals surface area contributed by atoms with Crippen LogP contribution in [0.15, 0.2) is 65.7 Å². The molecule has 0 saturated heterocycles. The molecule has 5 aromatic rings. The molecule has 0 aliphatic carbocycles. The van der Waals surface area contributed by atoms with E-state index < -0.39 is 60.6 Å². The van der Waals surface area contributed by atoms with Crippen LogP contribution in [0.2, 0.25) is 25.7 Å². The number of ether oxygens (including phenoxy) is 2. The maximum absolute atomic E-state index is 16.3. The van der Waals surface area contributed by atoms with Gasteiger partial charge in [0.2, 0.25) is 5.60 Å². The third-order valence-corrected chi connectivity index (χ3v) is 12.1. The molecule has 0 bridgehead atoms. The van der Waals surface area contributed by atoms with Gasteiger partial charge in [0.25, 0.3) is 10.0 Å². The summed E-state index contributed by atoms with van der Waals surface area (Å²) in [7, 11) is -5.90. The van der Waals surface area contributed by atoms with Gasteiger partial charge in [-0.25, -0.2) is 22.2 Å². The molecule has 0 fully saturated rings. The number of carboxylic acids is 1. The average Bonchev–Trinajstić information content (AvgIpc) is 3.66. The van der Waals surface area contributed by atoms with Gasteiger partial charge in [0.05, 0.1) is 33.1 Å². The Morgan fingerprint density at radius 3 is 2.33 bits per heavy atom. The minimum absolute atomic E-state index is 0.0314. The first-order chi connectivity index (χ1) is 23.9. The largest absolute Gasteiger partial charge is 0.480 e. The van der Waals surface area contributed by atoms with Crippen LogP contribution in [0.4, 0.5) is 13.2 Å². The Morgan fingerprint density at radius 2 is 1.75 bits per heavy atom. The molecule has 270 valence electrons. The van der Waals surface area contributed by atoms with Crippen LogP contribution in [0.1, 0.15) is 40.6 Å². The number of imidazole rings is 1. The fourth-order valence-corrected chi connectivity index (χ4v) is 8.37. The lowest BCUT2D eigenvalue weighted by molar-refractivity contribution is -0.270. The van der Waals surface area contributed by atoms with Crippen LogP contribution in [0.5, 0.6) is 0 Å². The topological polar surface area (TPSA) is 136 Å². The molecular weight excluding hydrogens is 702 g/mol. The normalized spacial score (nSPS) is 13.8. The van der Waals surface area contributed by atoms with E-state index in [2.05, 4.69) is 24.6 Å². The zero-order valence-electron chi connectivity index (χ0n) is 29.1. The number of halogens is 3. The van der Waals surface area contributed by atoms with Crippen molar-refractivity contribution in [1.29, 1.82) is 5.26 Å². The molecule has 51 heavy (non-hydrogen) atoms. The number of hydrogen-bond acceptors (Lipinski definition) is 7. The fraction of sp³-hybridized carbons (Fsp3) is 0.361. The number of aliphatic carboxylic acids is 1. The maximum Gasteiger partial charge on any atom is 0.429 e. The van der Waals surface area contributed by atoms with Gasteiger partial charge in [-0.3, -0.25) is 0 Å². The summed E-state index contributed by atoms with van der Waals surface area (Å²) in [6.45, 7) is 9.91. The number of benzene rings is 3. The van der Waals surface area contributed by atoms with Crippen molar-refractivity contribution >= 4 is 46.0 Å². The van der Waals surface area contributed by atoms with Gasteiger partial charge >= 0.3 is 12.1 Å². The lowest BCUT2D eigenvalue weighted by Gasteiger charge is -2.37. The van der Waals surface area contributed by atoms with E-state index in [0.717, 1.165) is 15.6 Å². The van der Waals surface area contributed by atoms with Crippen LogP contribution in [-0.4, -0.2) is 60.5 Å². The summed E-state index contributed by atoms with van der Waals surface area (Å²) in [4.78, 5) is 16.4. The number of aromatic nitrogens is 3. The molecule has 2 aromatic heterocycles. The summed E-state index contributed by atoms with van der Waals surface area (Å²) in [5.74, 6) is -2.38. The number of carbonyl (C=O) groups is 1. The standard InChI is InChI=1S/C36H39F3N4O6SSi/c1-7-26-18-24(3)33-28(14-15-43(33)50(46,47)27-11-8-23(2)9-12-27)32(26)35(36(37,38)39,49-21-31(44)45)34-41-29-19-25(20-40)10-13-30(29)42(34)22-48-16-17-51(4,5)6/h8-15,18-19H,7,16-17,21-22H2,1-6H3,(H,44,45). The van der Waals surface area contributed by atoms with Gasteiger partial charge in [0, 0.05) is 31.8 Å². The summed E-state index contributed by atoms with van der Waals surface area (Å²) in [5.41, 5.74) is -2.35. The third kappa shape index (κ3) is 7.05. The number of hydrogen-bond donors (Lipinski definition) is 1. The highest BCUT2D eigenvalue weighted by molar-refractivity contribution is 7.90. The first-order valence-electron chi connectivity index (χ1n) is 16.2. The van der Waals surface area contributed by atoms with Gasteiger partial charge in [0.1, 0.15) is 13.3 Å². The van der Waals surface area contributed by atoms with E-state index >= 15 is 13.2 Å². The molecule has 1 N–H and O–H groups in total. The Kier molecular flexibility index (Phi) is 10.3. The second-order valence-electron chi connectivity index (χ2n) is 13.7. The number of alkyl halides is 3. The number of rotatable bonds is 13. The Balaban J connectivity index is 1.90. The predicted octanol–water partition coefficient (Wildman–Crippen LogP) is 7.50. The van der Waals surface area contributed by atoms with E-state index in [1.54, 1.807) is 32.9 Å². The van der Waals surface area contributed by atoms with Crippen molar-refractivity contribution in [3.8, 4) is 6.07 Å². The maximum atomic E-state index is 16.3. The van der Waals surface area contributed by atoms with E-state index in [1.165, 1.54) is 53.2 Å². The van der Waals surface area contributed by atoms with E-state index in [4.69, 9.17) is 9.47 Å². The van der Waals surface area contributed by atoms with Crippen LogP contribution < -0.4 is 0 Å². The highest BCUT2D eigenvalue weighted by Crippen LogP contribution is 2.52. The smallest absolute Gasteiger partial charge is 0.429 e. The summed E-state index contributed by atoms with van der Waals surface area (Å²) in [6.07, 6.45) is -4.13. The van der Waals surface area contributed by atoms with Crippen molar-refractivity contribution in [2.45, 2.75) is 76.3 Å². The third-order valence-electron chi connectivity index (χ3n) is 8.74. The molecule has 15 heteroatoms. The SMILES string of the molecule is CCc1cc(C)c2c(ccn2S(=O)(=O)c2ccc(C)cc2)c1C(OCC(=O)O)(c1nc2cc(C#N)ccc2n1COCC[Si](C)(C)C)C(F)(F)F. The van der Waals surface area contributed by atoms with Crippen LogP contribution in [-0.2, 0) is 43.0 Å². The summed E-state index contributed by atoms with van der Waals surface area (Å²) < 4.78 is 90.6.